The number of rotatable bonds is 10. The Labute approximate surface area is 173 Å². The van der Waals surface area contributed by atoms with E-state index in [4.69, 9.17) is 0 Å². The molecule has 3 N–H and O–H groups in total. The van der Waals surface area contributed by atoms with Crippen molar-refractivity contribution in [3.8, 4) is 0 Å². The summed E-state index contributed by atoms with van der Waals surface area (Å²) in [5, 5.41) is 7.33. The maximum atomic E-state index is 12.5. The third-order valence-electron chi connectivity index (χ3n) is 5.00. The monoisotopic (exact) mass is 417 g/mol. The Morgan fingerprint density at radius 2 is 1.70 bits per heavy atom. The van der Waals surface area contributed by atoms with Gasteiger partial charge in [0.25, 0.3) is 0 Å². The molecule has 3 aromatic rings. The highest BCUT2D eigenvalue weighted by Gasteiger charge is 2.29. The van der Waals surface area contributed by atoms with Gasteiger partial charge in [0.2, 0.25) is 5.91 Å². The van der Waals surface area contributed by atoms with Gasteiger partial charge in [0, 0.05) is 29.2 Å². The van der Waals surface area contributed by atoms with Crippen molar-refractivity contribution in [1.82, 2.24) is 10.3 Å². The third-order valence-corrected chi connectivity index (χ3v) is 5.00. The number of aromatic amines is 1. The maximum Gasteiger partial charge on any atom is 0.416 e. The van der Waals surface area contributed by atoms with Gasteiger partial charge < -0.3 is 15.6 Å². The number of amides is 1. The van der Waals surface area contributed by atoms with Crippen molar-refractivity contribution >= 4 is 22.5 Å². The summed E-state index contributed by atoms with van der Waals surface area (Å²) < 4.78 is 37.6. The second-order valence-electron chi connectivity index (χ2n) is 7.29. The lowest BCUT2D eigenvalue weighted by Gasteiger charge is -2.09. The number of carbonyl (C=O) groups excluding carboxylic acids is 1. The first kappa shape index (κ1) is 21.9. The molecule has 30 heavy (non-hydrogen) atoms. The fourth-order valence-corrected chi connectivity index (χ4v) is 3.36. The molecule has 0 aliphatic carbocycles. The summed E-state index contributed by atoms with van der Waals surface area (Å²) in [4.78, 5) is 15.2. The van der Waals surface area contributed by atoms with Crippen LogP contribution in [0.4, 0.5) is 18.9 Å². The van der Waals surface area contributed by atoms with Crippen molar-refractivity contribution in [1.29, 1.82) is 0 Å². The van der Waals surface area contributed by atoms with Gasteiger partial charge >= 0.3 is 6.18 Å². The highest BCUT2D eigenvalue weighted by molar-refractivity contribution is 5.90. The highest BCUT2D eigenvalue weighted by atomic mass is 19.4. The smallest absolute Gasteiger partial charge is 0.361 e. The minimum atomic E-state index is -4.37. The van der Waals surface area contributed by atoms with Crippen LogP contribution in [-0.4, -0.2) is 24.0 Å². The molecule has 0 aliphatic rings. The Morgan fingerprint density at radius 3 is 2.47 bits per heavy atom. The molecule has 0 atom stereocenters. The minimum Gasteiger partial charge on any atom is -0.361 e. The van der Waals surface area contributed by atoms with Crippen molar-refractivity contribution in [3.05, 3.63) is 65.9 Å². The molecule has 1 heterocycles. The van der Waals surface area contributed by atoms with Crippen LogP contribution in [0.5, 0.6) is 0 Å². The molecule has 4 nitrogen and oxygen atoms in total. The Kier molecular flexibility index (Phi) is 7.52. The molecule has 0 spiro atoms. The first-order valence-corrected chi connectivity index (χ1v) is 10.2. The van der Waals surface area contributed by atoms with Crippen LogP contribution in [0, 0.1) is 0 Å². The van der Waals surface area contributed by atoms with E-state index in [0.29, 0.717) is 12.1 Å². The lowest BCUT2D eigenvalue weighted by molar-refractivity contribution is -0.137. The van der Waals surface area contributed by atoms with Gasteiger partial charge in [0.05, 0.1) is 5.56 Å². The number of aromatic nitrogens is 1. The van der Waals surface area contributed by atoms with Gasteiger partial charge in [-0.05, 0) is 68.2 Å². The topological polar surface area (TPSA) is 56.9 Å². The predicted octanol–water partition coefficient (Wildman–Crippen LogP) is 5.52. The molecule has 0 bridgehead atoms. The quantitative estimate of drug-likeness (QED) is 0.381. The molecule has 2 aromatic carbocycles. The molecule has 3 rings (SSSR count). The number of unbranched alkanes of at least 4 members (excludes halogenated alkanes) is 2. The van der Waals surface area contributed by atoms with Crippen LogP contribution in [0.25, 0.3) is 10.9 Å². The SMILES string of the molecule is O=C(CCCCCNCCc1c[nH]c2ccccc12)Nc1ccc(C(F)(F)F)cc1. The molecule has 0 saturated heterocycles. The van der Waals surface area contributed by atoms with Crippen molar-refractivity contribution in [3.63, 3.8) is 0 Å². The van der Waals surface area contributed by atoms with Crippen LogP contribution >= 0.6 is 0 Å². The Morgan fingerprint density at radius 1 is 0.933 bits per heavy atom. The van der Waals surface area contributed by atoms with Crippen molar-refractivity contribution < 1.29 is 18.0 Å². The zero-order valence-electron chi connectivity index (χ0n) is 16.7. The fraction of sp³-hybridized carbons (Fsp3) is 0.348. The number of H-pyrrole nitrogens is 1. The molecule has 0 radical (unpaired) electrons. The van der Waals surface area contributed by atoms with Crippen molar-refractivity contribution in [2.75, 3.05) is 18.4 Å². The van der Waals surface area contributed by atoms with Gasteiger partial charge in [0.15, 0.2) is 0 Å². The number of para-hydroxylation sites is 1. The van der Waals surface area contributed by atoms with Gasteiger partial charge in [-0.3, -0.25) is 4.79 Å². The van der Waals surface area contributed by atoms with Gasteiger partial charge in [-0.15, -0.1) is 0 Å². The Bertz CT molecular complexity index is 948. The van der Waals surface area contributed by atoms with Crippen LogP contribution in [0.15, 0.2) is 54.7 Å². The second-order valence-corrected chi connectivity index (χ2v) is 7.29. The molecule has 0 aliphatic heterocycles. The van der Waals surface area contributed by atoms with Gasteiger partial charge in [-0.25, -0.2) is 0 Å². The molecule has 0 fully saturated rings. The Hall–Kier alpha value is -2.80. The lowest BCUT2D eigenvalue weighted by atomic mass is 10.1. The minimum absolute atomic E-state index is 0.179. The molecule has 1 aromatic heterocycles. The molecule has 7 heteroatoms. The van der Waals surface area contributed by atoms with E-state index in [9.17, 15) is 18.0 Å². The summed E-state index contributed by atoms with van der Waals surface area (Å²) in [6, 6.07) is 12.7. The zero-order valence-corrected chi connectivity index (χ0v) is 16.7. The molecular weight excluding hydrogens is 391 g/mol. The molecule has 0 saturated carbocycles. The molecule has 160 valence electrons. The van der Waals surface area contributed by atoms with Crippen LogP contribution in [0.1, 0.15) is 36.8 Å². The van der Waals surface area contributed by atoms with E-state index in [0.717, 1.165) is 56.4 Å². The fourth-order valence-electron chi connectivity index (χ4n) is 3.36. The van der Waals surface area contributed by atoms with Crippen LogP contribution < -0.4 is 10.6 Å². The molecule has 0 unspecified atom stereocenters. The van der Waals surface area contributed by atoms with E-state index in [1.165, 1.54) is 23.1 Å². The number of hydrogen-bond donors (Lipinski definition) is 3. The Balaban J connectivity index is 1.25. The second kappa shape index (κ2) is 10.3. The summed E-state index contributed by atoms with van der Waals surface area (Å²) >= 11 is 0. The number of carbonyl (C=O) groups is 1. The number of fused-ring (bicyclic) bond motifs is 1. The number of nitrogens with one attached hydrogen (secondary N) is 3. The normalized spacial score (nSPS) is 11.7. The van der Waals surface area contributed by atoms with Crippen molar-refractivity contribution in [2.45, 2.75) is 38.3 Å². The highest BCUT2D eigenvalue weighted by Crippen LogP contribution is 2.29. The summed E-state index contributed by atoms with van der Waals surface area (Å²) in [5.74, 6) is -0.179. The third kappa shape index (κ3) is 6.35. The molecule has 1 amide bonds. The largest absolute Gasteiger partial charge is 0.416 e. The lowest BCUT2D eigenvalue weighted by Crippen LogP contribution is -2.18. The van der Waals surface area contributed by atoms with Crippen LogP contribution in [-0.2, 0) is 17.4 Å². The van der Waals surface area contributed by atoms with Crippen LogP contribution in [0.2, 0.25) is 0 Å². The number of benzene rings is 2. The van der Waals surface area contributed by atoms with E-state index >= 15 is 0 Å². The first-order valence-electron chi connectivity index (χ1n) is 10.2. The van der Waals surface area contributed by atoms with E-state index in [1.807, 2.05) is 12.1 Å². The van der Waals surface area contributed by atoms with Gasteiger partial charge in [-0.2, -0.15) is 13.2 Å². The zero-order chi connectivity index (χ0) is 21.4. The average molecular weight is 417 g/mol. The summed E-state index contributed by atoms with van der Waals surface area (Å²) in [5.41, 5.74) is 2.12. The summed E-state index contributed by atoms with van der Waals surface area (Å²) in [6.07, 6.45) is 1.64. The van der Waals surface area contributed by atoms with Gasteiger partial charge in [0.1, 0.15) is 0 Å². The average Bonchev–Trinajstić information content (AvgIpc) is 3.13. The number of anilines is 1. The van der Waals surface area contributed by atoms with Gasteiger partial charge in [-0.1, -0.05) is 24.6 Å². The number of halogens is 3. The first-order chi connectivity index (χ1) is 14.4. The van der Waals surface area contributed by atoms with Crippen LogP contribution in [0.3, 0.4) is 0 Å². The van der Waals surface area contributed by atoms with E-state index < -0.39 is 11.7 Å². The maximum absolute atomic E-state index is 12.5. The van der Waals surface area contributed by atoms with Crippen molar-refractivity contribution in [2.24, 2.45) is 0 Å². The molecular formula is C23H26F3N3O. The summed E-state index contributed by atoms with van der Waals surface area (Å²) in [6.45, 7) is 1.79. The number of hydrogen-bond acceptors (Lipinski definition) is 2. The number of alkyl halides is 3. The van der Waals surface area contributed by atoms with E-state index in [2.05, 4.69) is 33.9 Å². The van der Waals surface area contributed by atoms with E-state index in [1.54, 1.807) is 0 Å². The van der Waals surface area contributed by atoms with E-state index in [-0.39, 0.29) is 5.91 Å². The standard InChI is InChI=1S/C23H26F3N3O/c24-23(25,26)18-9-11-19(12-10-18)29-22(30)8-2-1-5-14-27-15-13-17-16-28-21-7-4-3-6-20(17)21/h3-4,6-7,9-12,16,27-28H,1-2,5,8,13-15H2,(H,29,30). The summed E-state index contributed by atoms with van der Waals surface area (Å²) in [7, 11) is 0. The predicted molar refractivity (Wildman–Crippen MR) is 113 cm³/mol.